The van der Waals surface area contributed by atoms with Gasteiger partial charge in [-0.1, -0.05) is 53.7 Å². The number of rotatable bonds is 9. The van der Waals surface area contributed by atoms with E-state index < -0.39 is 23.7 Å². The Hall–Kier alpha value is -4.11. The summed E-state index contributed by atoms with van der Waals surface area (Å²) in [6.07, 6.45) is 0. The van der Waals surface area contributed by atoms with E-state index in [2.05, 4.69) is 15.6 Å². The highest BCUT2D eigenvalue weighted by Gasteiger charge is 2.33. The highest BCUT2D eigenvalue weighted by Crippen LogP contribution is 2.29. The zero-order valence-electron chi connectivity index (χ0n) is 18.6. The highest BCUT2D eigenvalue weighted by atomic mass is 19.1. The summed E-state index contributed by atoms with van der Waals surface area (Å²) in [5, 5.41) is 11.0. The fourth-order valence-electron chi connectivity index (χ4n) is 3.73. The molecule has 1 N–H and O–H groups in total. The van der Waals surface area contributed by atoms with Crippen molar-refractivity contribution in [2.75, 3.05) is 25.2 Å². The molecule has 0 aliphatic heterocycles. The summed E-state index contributed by atoms with van der Waals surface area (Å²) in [4.78, 5) is 28.4. The molecule has 0 saturated heterocycles. The Morgan fingerprint density at radius 2 is 1.82 bits per heavy atom. The summed E-state index contributed by atoms with van der Waals surface area (Å²) in [6.45, 7) is 0.384. The van der Waals surface area contributed by atoms with E-state index in [1.807, 2.05) is 18.2 Å². The van der Waals surface area contributed by atoms with Crippen molar-refractivity contribution < 1.29 is 18.7 Å². The lowest BCUT2D eigenvalue weighted by atomic mass is 10.0. The van der Waals surface area contributed by atoms with E-state index in [0.717, 1.165) is 0 Å². The number of carbonyl (C=O) groups excluding carboxylic acids is 2. The summed E-state index contributed by atoms with van der Waals surface area (Å²) in [5.41, 5.74) is 2.16. The molecule has 0 spiro atoms. The van der Waals surface area contributed by atoms with Crippen molar-refractivity contribution >= 4 is 28.5 Å². The smallest absolute Gasteiger partial charge is 0.249 e. The van der Waals surface area contributed by atoms with E-state index in [4.69, 9.17) is 4.74 Å². The van der Waals surface area contributed by atoms with Crippen molar-refractivity contribution in [1.82, 2.24) is 20.3 Å². The van der Waals surface area contributed by atoms with E-state index in [1.165, 1.54) is 34.9 Å². The predicted molar refractivity (Wildman–Crippen MR) is 125 cm³/mol. The number of amides is 2. The van der Waals surface area contributed by atoms with Crippen LogP contribution in [-0.2, 0) is 20.9 Å². The molecule has 0 bridgehead atoms. The van der Waals surface area contributed by atoms with Crippen LogP contribution >= 0.6 is 0 Å². The number of para-hydroxylation sites is 1. The zero-order chi connectivity index (χ0) is 23.9. The Kier molecular flexibility index (Phi) is 7.24. The van der Waals surface area contributed by atoms with Crippen LogP contribution in [0.15, 0.2) is 78.9 Å². The summed E-state index contributed by atoms with van der Waals surface area (Å²) in [5.74, 6) is -1.38. The van der Waals surface area contributed by atoms with E-state index >= 15 is 0 Å². The Labute approximate surface area is 195 Å². The molecule has 2 amide bonds. The zero-order valence-corrected chi connectivity index (χ0v) is 18.6. The molecule has 3 aromatic carbocycles. The largest absolute Gasteiger partial charge is 0.383 e. The number of aromatic nitrogens is 3. The number of fused-ring (bicyclic) bond motifs is 1. The lowest BCUT2D eigenvalue weighted by molar-refractivity contribution is -0.127. The van der Waals surface area contributed by atoms with Gasteiger partial charge in [-0.25, -0.2) is 9.07 Å². The van der Waals surface area contributed by atoms with Gasteiger partial charge in [0, 0.05) is 19.3 Å². The summed E-state index contributed by atoms with van der Waals surface area (Å²) in [6, 6.07) is 20.7. The molecular formula is C25H24FN5O3. The standard InChI is InChI=1S/C25H24FN5O3/c1-34-15-14-27-25(33)24(18-8-3-2-4-9-18)31(20-11-7-10-19(26)16-20)23(32)17-30-22-13-6-5-12-21(22)28-29-30/h2-13,16,24H,14-15,17H2,1H3,(H,27,33)/t24-/m0/s1. The van der Waals surface area contributed by atoms with E-state index in [9.17, 15) is 14.0 Å². The molecule has 1 atom stereocenters. The lowest BCUT2D eigenvalue weighted by Crippen LogP contribution is -2.46. The van der Waals surface area contributed by atoms with Crippen LogP contribution in [0.5, 0.6) is 0 Å². The van der Waals surface area contributed by atoms with Crippen molar-refractivity contribution in [3.05, 3.63) is 90.2 Å². The third-order valence-electron chi connectivity index (χ3n) is 5.29. The number of halogens is 1. The number of benzene rings is 3. The van der Waals surface area contributed by atoms with Gasteiger partial charge in [0.2, 0.25) is 11.8 Å². The highest BCUT2D eigenvalue weighted by molar-refractivity contribution is 6.01. The topological polar surface area (TPSA) is 89.4 Å². The Morgan fingerprint density at radius 3 is 2.59 bits per heavy atom. The van der Waals surface area contributed by atoms with Crippen molar-refractivity contribution in [3.63, 3.8) is 0 Å². The van der Waals surface area contributed by atoms with Crippen molar-refractivity contribution in [3.8, 4) is 0 Å². The molecule has 8 nitrogen and oxygen atoms in total. The molecule has 34 heavy (non-hydrogen) atoms. The number of ether oxygens (including phenoxy) is 1. The number of hydrogen-bond donors (Lipinski definition) is 1. The molecular weight excluding hydrogens is 437 g/mol. The molecule has 1 aromatic heterocycles. The number of nitrogens with zero attached hydrogens (tertiary/aromatic N) is 4. The average Bonchev–Trinajstić information content (AvgIpc) is 3.25. The summed E-state index contributed by atoms with van der Waals surface area (Å²) in [7, 11) is 1.53. The van der Waals surface area contributed by atoms with Gasteiger partial charge < -0.3 is 10.1 Å². The minimum absolute atomic E-state index is 0.189. The Morgan fingerprint density at radius 1 is 1.06 bits per heavy atom. The number of nitrogens with one attached hydrogen (secondary N) is 1. The first-order valence-corrected chi connectivity index (χ1v) is 10.8. The number of carbonyl (C=O) groups is 2. The van der Waals surface area contributed by atoms with Crippen molar-refractivity contribution in [2.45, 2.75) is 12.6 Å². The van der Waals surface area contributed by atoms with Crippen molar-refractivity contribution in [2.24, 2.45) is 0 Å². The Balaban J connectivity index is 1.76. The number of hydrogen-bond acceptors (Lipinski definition) is 5. The maximum absolute atomic E-state index is 14.2. The average molecular weight is 461 g/mol. The molecule has 9 heteroatoms. The van der Waals surface area contributed by atoms with E-state index in [1.54, 1.807) is 42.5 Å². The van der Waals surface area contributed by atoms with Gasteiger partial charge in [-0.05, 0) is 35.9 Å². The van der Waals surface area contributed by atoms with Crippen LogP contribution in [0, 0.1) is 5.82 Å². The second-order valence-corrected chi connectivity index (χ2v) is 7.58. The first-order valence-electron chi connectivity index (χ1n) is 10.8. The van der Waals surface area contributed by atoms with Crippen LogP contribution in [-0.4, -0.2) is 47.1 Å². The van der Waals surface area contributed by atoms with Gasteiger partial charge in [0.1, 0.15) is 23.9 Å². The number of methoxy groups -OCH3 is 1. The number of anilines is 1. The lowest BCUT2D eigenvalue weighted by Gasteiger charge is -2.31. The van der Waals surface area contributed by atoms with Gasteiger partial charge in [-0.2, -0.15) is 0 Å². The minimum atomic E-state index is -1.04. The summed E-state index contributed by atoms with van der Waals surface area (Å²) >= 11 is 0. The van der Waals surface area contributed by atoms with Crippen LogP contribution in [0.2, 0.25) is 0 Å². The van der Waals surface area contributed by atoms with Gasteiger partial charge in [0.25, 0.3) is 0 Å². The third-order valence-corrected chi connectivity index (χ3v) is 5.29. The van der Waals surface area contributed by atoms with Gasteiger partial charge in [-0.3, -0.25) is 14.5 Å². The normalized spacial score (nSPS) is 11.8. The van der Waals surface area contributed by atoms with Crippen LogP contribution < -0.4 is 10.2 Å². The first-order chi connectivity index (χ1) is 16.6. The monoisotopic (exact) mass is 461 g/mol. The second-order valence-electron chi connectivity index (χ2n) is 7.58. The SMILES string of the molecule is COCCNC(=O)[C@H](c1ccccc1)N(C(=O)Cn1nnc2ccccc21)c1cccc(F)c1. The maximum Gasteiger partial charge on any atom is 0.249 e. The fraction of sp³-hybridized carbons (Fsp3) is 0.200. The van der Waals surface area contributed by atoms with Crippen molar-refractivity contribution in [1.29, 1.82) is 0 Å². The van der Waals surface area contributed by atoms with Gasteiger partial charge >= 0.3 is 0 Å². The summed E-state index contributed by atoms with van der Waals surface area (Å²) < 4.78 is 20.7. The van der Waals surface area contributed by atoms with Crippen LogP contribution in [0.25, 0.3) is 11.0 Å². The molecule has 0 saturated carbocycles. The molecule has 0 radical (unpaired) electrons. The second kappa shape index (κ2) is 10.7. The van der Waals surface area contributed by atoms with Gasteiger partial charge in [0.05, 0.1) is 12.1 Å². The Bertz CT molecular complexity index is 1280. The molecule has 4 aromatic rings. The third kappa shape index (κ3) is 5.10. The van der Waals surface area contributed by atoms with Crippen LogP contribution in [0.3, 0.4) is 0 Å². The van der Waals surface area contributed by atoms with E-state index in [-0.39, 0.29) is 18.8 Å². The molecule has 174 valence electrons. The maximum atomic E-state index is 14.2. The quantitative estimate of drug-likeness (QED) is 0.387. The first kappa shape index (κ1) is 23.1. The molecule has 0 fully saturated rings. The molecule has 0 aliphatic rings. The predicted octanol–water partition coefficient (Wildman–Crippen LogP) is 3.11. The van der Waals surface area contributed by atoms with Crippen LogP contribution in [0.1, 0.15) is 11.6 Å². The van der Waals surface area contributed by atoms with Gasteiger partial charge in [-0.15, -0.1) is 5.10 Å². The van der Waals surface area contributed by atoms with Crippen LogP contribution in [0.4, 0.5) is 10.1 Å². The molecule has 0 aliphatic carbocycles. The van der Waals surface area contributed by atoms with Gasteiger partial charge in [0.15, 0.2) is 0 Å². The minimum Gasteiger partial charge on any atom is -0.383 e. The molecule has 1 heterocycles. The molecule has 0 unspecified atom stereocenters. The van der Waals surface area contributed by atoms with E-state index in [0.29, 0.717) is 23.2 Å². The molecule has 4 rings (SSSR count). The fourth-order valence-corrected chi connectivity index (χ4v) is 3.73.